The summed E-state index contributed by atoms with van der Waals surface area (Å²) < 4.78 is 2.30. The van der Waals surface area contributed by atoms with Crippen molar-refractivity contribution in [1.29, 1.82) is 0 Å². The van der Waals surface area contributed by atoms with Gasteiger partial charge in [-0.05, 0) is 70.5 Å². The topological polar surface area (TPSA) is 0 Å². The van der Waals surface area contributed by atoms with Gasteiger partial charge in [0.05, 0.1) is 0 Å². The average Bonchev–Trinajstić information content (AvgIpc) is 3.07. The summed E-state index contributed by atoms with van der Waals surface area (Å²) in [5.74, 6) is 0. The van der Waals surface area contributed by atoms with Crippen LogP contribution in [0.1, 0.15) is 22.3 Å². The van der Waals surface area contributed by atoms with Crippen LogP contribution in [0.5, 0.6) is 0 Å². The van der Waals surface area contributed by atoms with Crippen LogP contribution in [0.25, 0.3) is 12.2 Å². The third-order valence-electron chi connectivity index (χ3n) is 4.20. The highest BCUT2D eigenvalue weighted by atomic mass is 79.9. The lowest BCUT2D eigenvalue weighted by Crippen LogP contribution is -1.84. The van der Waals surface area contributed by atoms with E-state index in [1.807, 2.05) is 0 Å². The van der Waals surface area contributed by atoms with Gasteiger partial charge in [0.25, 0.3) is 0 Å². The number of hydrogen-bond acceptors (Lipinski definition) is 0. The number of halogens is 2. The van der Waals surface area contributed by atoms with Gasteiger partial charge in [-0.3, -0.25) is 0 Å². The van der Waals surface area contributed by atoms with Crippen molar-refractivity contribution in [3.05, 3.63) is 90.9 Å². The number of rotatable bonds is 2. The van der Waals surface area contributed by atoms with Crippen LogP contribution < -0.4 is 0 Å². The van der Waals surface area contributed by atoms with E-state index < -0.39 is 0 Å². The zero-order chi connectivity index (χ0) is 15.1. The van der Waals surface area contributed by atoms with Crippen LogP contribution in [0, 0.1) is 0 Å². The molecular weight excluding hydrogens is 400 g/mol. The summed E-state index contributed by atoms with van der Waals surface area (Å²) in [6.07, 6.45) is 11.2. The zero-order valence-corrected chi connectivity index (χ0v) is 15.1. The molecule has 2 aromatic rings. The molecule has 0 atom stereocenters. The maximum atomic E-state index is 3.55. The van der Waals surface area contributed by atoms with Crippen molar-refractivity contribution >= 4 is 44.0 Å². The van der Waals surface area contributed by atoms with Crippen LogP contribution in [0.4, 0.5) is 0 Å². The SMILES string of the molecule is Brc1ccc2c(c1)C=C(/C=C/C1=Cc3ccc(Br)cc3C1)C2. The Morgan fingerprint density at radius 2 is 1.32 bits per heavy atom. The lowest BCUT2D eigenvalue weighted by Gasteiger charge is -1.98. The van der Waals surface area contributed by atoms with Crippen molar-refractivity contribution in [1.82, 2.24) is 0 Å². The monoisotopic (exact) mass is 412 g/mol. The van der Waals surface area contributed by atoms with E-state index in [-0.39, 0.29) is 0 Å². The molecule has 0 saturated carbocycles. The second-order valence-corrected chi connectivity index (χ2v) is 7.64. The highest BCUT2D eigenvalue weighted by Crippen LogP contribution is 2.31. The second kappa shape index (κ2) is 5.68. The summed E-state index contributed by atoms with van der Waals surface area (Å²) in [7, 11) is 0. The van der Waals surface area contributed by atoms with E-state index in [2.05, 4.69) is 92.6 Å². The number of fused-ring (bicyclic) bond motifs is 2. The fourth-order valence-electron chi connectivity index (χ4n) is 3.10. The Morgan fingerprint density at radius 3 is 2.14 bits per heavy atom. The fraction of sp³-hybridized carbons (Fsp3) is 0.100. The van der Waals surface area contributed by atoms with Crippen LogP contribution in [-0.4, -0.2) is 0 Å². The first-order chi connectivity index (χ1) is 10.7. The molecule has 0 bridgehead atoms. The standard InChI is InChI=1S/C20H14Br2/c21-19-5-3-15-7-13(9-17(15)11-19)1-2-14-8-16-4-6-20(22)12-18(16)10-14/h1-7,10-12H,8-9H2/b2-1+. The Bertz CT molecular complexity index is 854. The minimum atomic E-state index is 1.02. The molecule has 0 spiro atoms. The van der Waals surface area contributed by atoms with E-state index in [1.165, 1.54) is 33.4 Å². The smallest absolute Gasteiger partial charge is 0.0181 e. The molecular formula is C20H14Br2. The molecule has 0 N–H and O–H groups in total. The minimum absolute atomic E-state index is 1.02. The molecule has 0 radical (unpaired) electrons. The van der Waals surface area contributed by atoms with E-state index in [1.54, 1.807) is 0 Å². The van der Waals surface area contributed by atoms with Gasteiger partial charge < -0.3 is 0 Å². The summed E-state index contributed by atoms with van der Waals surface area (Å²) in [5, 5.41) is 0. The lowest BCUT2D eigenvalue weighted by molar-refractivity contribution is 1.22. The molecule has 2 aliphatic rings. The Hall–Kier alpha value is -1.38. The predicted octanol–water partition coefficient (Wildman–Crippen LogP) is 6.35. The van der Waals surface area contributed by atoms with Crippen LogP contribution >= 0.6 is 31.9 Å². The van der Waals surface area contributed by atoms with Crippen molar-refractivity contribution in [2.45, 2.75) is 12.8 Å². The normalized spacial score (nSPS) is 15.7. The van der Waals surface area contributed by atoms with Crippen molar-refractivity contribution in [3.8, 4) is 0 Å². The van der Waals surface area contributed by atoms with Gasteiger partial charge in [-0.25, -0.2) is 0 Å². The Morgan fingerprint density at radius 1 is 0.682 bits per heavy atom. The summed E-state index contributed by atoms with van der Waals surface area (Å²) in [5.41, 5.74) is 8.26. The molecule has 108 valence electrons. The number of benzene rings is 2. The van der Waals surface area contributed by atoms with E-state index in [0.717, 1.165) is 21.8 Å². The molecule has 0 aliphatic heterocycles. The Balaban J connectivity index is 1.52. The second-order valence-electron chi connectivity index (χ2n) is 5.81. The van der Waals surface area contributed by atoms with Crippen molar-refractivity contribution in [3.63, 3.8) is 0 Å². The van der Waals surface area contributed by atoms with Gasteiger partial charge in [-0.15, -0.1) is 0 Å². The molecule has 4 rings (SSSR count). The van der Waals surface area contributed by atoms with E-state index >= 15 is 0 Å². The molecule has 0 unspecified atom stereocenters. The minimum Gasteiger partial charge on any atom is -0.0584 e. The lowest BCUT2D eigenvalue weighted by atomic mass is 10.1. The van der Waals surface area contributed by atoms with E-state index in [9.17, 15) is 0 Å². The Kier molecular flexibility index (Phi) is 3.67. The van der Waals surface area contributed by atoms with Gasteiger partial charge in [0.15, 0.2) is 0 Å². The van der Waals surface area contributed by atoms with Crippen molar-refractivity contribution < 1.29 is 0 Å². The third-order valence-corrected chi connectivity index (χ3v) is 5.18. The summed E-state index contributed by atoms with van der Waals surface area (Å²) >= 11 is 7.09. The van der Waals surface area contributed by atoms with Gasteiger partial charge in [0, 0.05) is 8.95 Å². The maximum Gasteiger partial charge on any atom is 0.0181 e. The maximum absolute atomic E-state index is 3.55. The molecule has 0 saturated heterocycles. The summed E-state index contributed by atoms with van der Waals surface area (Å²) in [6, 6.07) is 13.0. The predicted molar refractivity (Wildman–Crippen MR) is 101 cm³/mol. The van der Waals surface area contributed by atoms with Crippen LogP contribution in [0.3, 0.4) is 0 Å². The van der Waals surface area contributed by atoms with Crippen LogP contribution in [0.15, 0.2) is 68.6 Å². The first-order valence-corrected chi connectivity index (χ1v) is 8.92. The molecule has 0 amide bonds. The molecule has 0 fully saturated rings. The number of hydrogen-bond donors (Lipinski definition) is 0. The highest BCUT2D eigenvalue weighted by molar-refractivity contribution is 9.10. The Labute approximate surface area is 147 Å². The number of allylic oxidation sites excluding steroid dienone is 4. The molecule has 22 heavy (non-hydrogen) atoms. The largest absolute Gasteiger partial charge is 0.0584 e. The van der Waals surface area contributed by atoms with E-state index in [4.69, 9.17) is 0 Å². The van der Waals surface area contributed by atoms with Crippen LogP contribution in [-0.2, 0) is 12.8 Å². The molecule has 2 aromatic carbocycles. The molecule has 0 aromatic heterocycles. The van der Waals surface area contributed by atoms with Crippen molar-refractivity contribution in [2.75, 3.05) is 0 Å². The molecule has 0 nitrogen and oxygen atoms in total. The van der Waals surface area contributed by atoms with Gasteiger partial charge in [0.1, 0.15) is 0 Å². The summed E-state index contributed by atoms with van der Waals surface area (Å²) in [4.78, 5) is 0. The third kappa shape index (κ3) is 2.78. The average molecular weight is 414 g/mol. The molecule has 0 heterocycles. The summed E-state index contributed by atoms with van der Waals surface area (Å²) in [6.45, 7) is 0. The van der Waals surface area contributed by atoms with Gasteiger partial charge in [-0.1, -0.05) is 68.3 Å². The fourth-order valence-corrected chi connectivity index (χ4v) is 3.89. The van der Waals surface area contributed by atoms with Crippen molar-refractivity contribution in [2.24, 2.45) is 0 Å². The van der Waals surface area contributed by atoms with Crippen LogP contribution in [0.2, 0.25) is 0 Å². The van der Waals surface area contributed by atoms with Gasteiger partial charge in [0.2, 0.25) is 0 Å². The first kappa shape index (κ1) is 14.2. The zero-order valence-electron chi connectivity index (χ0n) is 11.9. The van der Waals surface area contributed by atoms with Gasteiger partial charge in [-0.2, -0.15) is 0 Å². The molecule has 2 aliphatic carbocycles. The quantitative estimate of drug-likeness (QED) is 0.538. The van der Waals surface area contributed by atoms with Gasteiger partial charge >= 0.3 is 0 Å². The highest BCUT2D eigenvalue weighted by Gasteiger charge is 2.13. The van der Waals surface area contributed by atoms with E-state index in [0.29, 0.717) is 0 Å². The molecule has 2 heteroatoms. The first-order valence-electron chi connectivity index (χ1n) is 7.33.